The molecule has 0 saturated carbocycles. The summed E-state index contributed by atoms with van der Waals surface area (Å²) < 4.78 is 18.7. The molecule has 0 radical (unpaired) electrons. The van der Waals surface area contributed by atoms with Crippen molar-refractivity contribution in [2.45, 2.75) is 32.4 Å². The van der Waals surface area contributed by atoms with E-state index in [0.717, 1.165) is 39.8 Å². The Hall–Kier alpha value is -4.57. The Balaban J connectivity index is 1.32. The molecule has 2 aliphatic rings. The Morgan fingerprint density at radius 2 is 1.90 bits per heavy atom. The number of thiocarbonyl (C=S) groups is 1. The zero-order valence-corrected chi connectivity index (χ0v) is 23.9. The second-order valence-corrected chi connectivity index (χ2v) is 10.4. The van der Waals surface area contributed by atoms with Gasteiger partial charge in [-0.3, -0.25) is 9.78 Å². The van der Waals surface area contributed by atoms with Crippen molar-refractivity contribution in [3.05, 3.63) is 95.6 Å². The van der Waals surface area contributed by atoms with Crippen LogP contribution >= 0.6 is 12.2 Å². The number of methoxy groups -OCH3 is 1. The summed E-state index contributed by atoms with van der Waals surface area (Å²) in [4.78, 5) is 19.8. The first-order valence-corrected chi connectivity index (χ1v) is 13.8. The van der Waals surface area contributed by atoms with Crippen molar-refractivity contribution < 1.29 is 19.0 Å². The molecule has 2 atom stereocenters. The fourth-order valence-corrected chi connectivity index (χ4v) is 6.01. The number of nitrogens with one attached hydrogen (secondary N) is 2. The molecule has 1 fully saturated rings. The van der Waals surface area contributed by atoms with Crippen LogP contribution in [0.25, 0.3) is 5.69 Å². The smallest absolute Gasteiger partial charge is 0.231 e. The summed E-state index contributed by atoms with van der Waals surface area (Å²) in [6, 6.07) is 21.0. The molecule has 41 heavy (non-hydrogen) atoms. The van der Waals surface area contributed by atoms with Gasteiger partial charge in [0.05, 0.1) is 30.6 Å². The molecule has 1 amide bonds. The topological polar surface area (TPSA) is 89.9 Å². The average molecular weight is 570 g/mol. The van der Waals surface area contributed by atoms with Gasteiger partial charge in [-0.2, -0.15) is 0 Å². The molecule has 210 valence electrons. The Morgan fingerprint density at radius 3 is 2.71 bits per heavy atom. The zero-order chi connectivity index (χ0) is 28.5. The number of benzene rings is 2. The molecule has 1 saturated heterocycles. The number of para-hydroxylation sites is 2. The van der Waals surface area contributed by atoms with Gasteiger partial charge in [-0.05, 0) is 74.1 Å². The van der Waals surface area contributed by atoms with Crippen molar-refractivity contribution in [1.29, 1.82) is 0 Å². The first kappa shape index (κ1) is 26.6. The summed E-state index contributed by atoms with van der Waals surface area (Å²) in [5, 5.41) is 7.05. The summed E-state index contributed by atoms with van der Waals surface area (Å²) in [5.74, 6) is 1.97. The van der Waals surface area contributed by atoms with Gasteiger partial charge in [0, 0.05) is 42.3 Å². The maximum absolute atomic E-state index is 13.0. The number of amides is 1. The Bertz CT molecular complexity index is 1610. The van der Waals surface area contributed by atoms with Gasteiger partial charge in [0.15, 0.2) is 16.6 Å². The number of ether oxygens (including phenoxy) is 3. The van der Waals surface area contributed by atoms with Gasteiger partial charge in [0.25, 0.3) is 0 Å². The first-order chi connectivity index (χ1) is 19.9. The molecule has 4 aromatic rings. The van der Waals surface area contributed by atoms with Gasteiger partial charge in [-0.1, -0.05) is 18.2 Å². The largest absolute Gasteiger partial charge is 0.495 e. The average Bonchev–Trinajstić information content (AvgIpc) is 3.67. The number of aryl methyl sites for hydroxylation is 1. The SMILES string of the molecule is COc1ccccc1NC(=O)CCN1C(=S)N[C@H](c2ccccn2)[C@H]1c1cc(C)n(-c2ccc3c(c2)OCO3)c1C. The summed E-state index contributed by atoms with van der Waals surface area (Å²) in [7, 11) is 1.59. The summed E-state index contributed by atoms with van der Waals surface area (Å²) in [6.45, 7) is 4.84. The van der Waals surface area contributed by atoms with Crippen molar-refractivity contribution >= 4 is 28.9 Å². The number of carbonyl (C=O) groups excluding carboxylic acids is 1. The van der Waals surface area contributed by atoms with Gasteiger partial charge in [0.2, 0.25) is 12.7 Å². The molecule has 9 nitrogen and oxygen atoms in total. The van der Waals surface area contributed by atoms with Crippen LogP contribution in [0.1, 0.15) is 41.1 Å². The minimum absolute atomic E-state index is 0.122. The molecule has 6 rings (SSSR count). The van der Waals surface area contributed by atoms with Gasteiger partial charge in [-0.25, -0.2) is 0 Å². The molecular formula is C31H31N5O4S. The standard InChI is InChI=1S/C31H31N5O4S/c1-19-16-22(20(2)36(19)21-11-12-26-27(17-21)40-18-39-26)30-29(24-9-6-7-14-32-24)34-31(41)35(30)15-13-28(37)33-23-8-4-5-10-25(23)38-3/h4-12,14,16-17,29-30H,13,15,18H2,1-3H3,(H,33,37)(H,34,41)/t29-,30-/m1/s1. The molecule has 4 heterocycles. The van der Waals surface area contributed by atoms with Crippen LogP contribution < -0.4 is 24.8 Å². The van der Waals surface area contributed by atoms with E-state index in [1.807, 2.05) is 60.7 Å². The normalized spacial score (nSPS) is 17.4. The van der Waals surface area contributed by atoms with Crippen LogP contribution in [0.5, 0.6) is 17.2 Å². The number of hydrogen-bond donors (Lipinski definition) is 2. The number of hydrogen-bond acceptors (Lipinski definition) is 6. The number of rotatable bonds is 8. The molecule has 0 bridgehead atoms. The van der Waals surface area contributed by atoms with Crippen LogP contribution in [0.15, 0.2) is 72.9 Å². The molecule has 2 N–H and O–H groups in total. The van der Waals surface area contributed by atoms with Crippen LogP contribution in [0.2, 0.25) is 0 Å². The summed E-state index contributed by atoms with van der Waals surface area (Å²) in [5.41, 5.74) is 5.76. The highest BCUT2D eigenvalue weighted by atomic mass is 32.1. The monoisotopic (exact) mass is 569 g/mol. The quantitative estimate of drug-likeness (QED) is 0.279. The lowest BCUT2D eigenvalue weighted by molar-refractivity contribution is -0.116. The van der Waals surface area contributed by atoms with E-state index < -0.39 is 0 Å². The molecular weight excluding hydrogens is 538 g/mol. The van der Waals surface area contributed by atoms with E-state index in [4.69, 9.17) is 26.4 Å². The third-order valence-corrected chi connectivity index (χ3v) is 7.91. The van der Waals surface area contributed by atoms with Crippen LogP contribution in [0.4, 0.5) is 5.69 Å². The van der Waals surface area contributed by atoms with Crippen molar-refractivity contribution in [1.82, 2.24) is 19.8 Å². The number of nitrogens with zero attached hydrogens (tertiary/aromatic N) is 3. The van der Waals surface area contributed by atoms with E-state index in [2.05, 4.69) is 45.0 Å². The van der Waals surface area contributed by atoms with E-state index in [1.165, 1.54) is 0 Å². The van der Waals surface area contributed by atoms with Crippen LogP contribution in [0, 0.1) is 13.8 Å². The fraction of sp³-hybridized carbons (Fsp3) is 0.258. The molecule has 0 aliphatic carbocycles. The molecule has 2 aromatic heterocycles. The minimum atomic E-state index is -0.188. The summed E-state index contributed by atoms with van der Waals surface area (Å²) >= 11 is 5.84. The minimum Gasteiger partial charge on any atom is -0.495 e. The van der Waals surface area contributed by atoms with E-state index in [0.29, 0.717) is 23.1 Å². The van der Waals surface area contributed by atoms with Gasteiger partial charge in [-0.15, -0.1) is 0 Å². The number of fused-ring (bicyclic) bond motifs is 1. The molecule has 2 aromatic carbocycles. The Kier molecular flexibility index (Phi) is 7.23. The van der Waals surface area contributed by atoms with Crippen molar-refractivity contribution in [2.24, 2.45) is 0 Å². The Labute approximate surface area is 244 Å². The lowest BCUT2D eigenvalue weighted by atomic mass is 9.96. The third-order valence-electron chi connectivity index (χ3n) is 7.56. The van der Waals surface area contributed by atoms with Gasteiger partial charge in [0.1, 0.15) is 5.75 Å². The molecule has 0 spiro atoms. The number of anilines is 1. The molecule has 0 unspecified atom stereocenters. The first-order valence-electron chi connectivity index (χ1n) is 13.4. The van der Waals surface area contributed by atoms with Crippen molar-refractivity contribution in [3.63, 3.8) is 0 Å². The van der Waals surface area contributed by atoms with Crippen LogP contribution in [-0.4, -0.2) is 45.9 Å². The highest BCUT2D eigenvalue weighted by Crippen LogP contribution is 2.42. The number of carbonyl (C=O) groups is 1. The van der Waals surface area contributed by atoms with Crippen LogP contribution in [-0.2, 0) is 4.79 Å². The molecule has 10 heteroatoms. The second-order valence-electron chi connectivity index (χ2n) is 10.0. The Morgan fingerprint density at radius 1 is 1.10 bits per heavy atom. The highest BCUT2D eigenvalue weighted by Gasteiger charge is 2.41. The van der Waals surface area contributed by atoms with E-state index >= 15 is 0 Å². The van der Waals surface area contributed by atoms with Gasteiger partial charge < -0.3 is 34.3 Å². The van der Waals surface area contributed by atoms with Crippen LogP contribution in [0.3, 0.4) is 0 Å². The van der Waals surface area contributed by atoms with E-state index in [9.17, 15) is 4.79 Å². The number of aromatic nitrogens is 2. The lowest BCUT2D eigenvalue weighted by Gasteiger charge is -2.28. The predicted octanol–water partition coefficient (Wildman–Crippen LogP) is 5.23. The predicted molar refractivity (Wildman–Crippen MR) is 160 cm³/mol. The van der Waals surface area contributed by atoms with E-state index in [-0.39, 0.29) is 31.2 Å². The van der Waals surface area contributed by atoms with Crippen molar-refractivity contribution in [2.75, 3.05) is 25.8 Å². The van der Waals surface area contributed by atoms with Crippen molar-refractivity contribution in [3.8, 4) is 22.9 Å². The van der Waals surface area contributed by atoms with Gasteiger partial charge >= 0.3 is 0 Å². The summed E-state index contributed by atoms with van der Waals surface area (Å²) in [6.07, 6.45) is 2.03. The lowest BCUT2D eigenvalue weighted by Crippen LogP contribution is -2.33. The third kappa shape index (κ3) is 5.06. The highest BCUT2D eigenvalue weighted by molar-refractivity contribution is 7.80. The molecule has 2 aliphatic heterocycles. The van der Waals surface area contributed by atoms with E-state index in [1.54, 1.807) is 13.3 Å². The number of pyridine rings is 1. The maximum Gasteiger partial charge on any atom is 0.231 e. The fourth-order valence-electron chi connectivity index (χ4n) is 5.68. The zero-order valence-electron chi connectivity index (χ0n) is 23.1. The maximum atomic E-state index is 13.0. The second kappa shape index (κ2) is 11.1.